The van der Waals surface area contributed by atoms with E-state index >= 15 is 0 Å². The first-order valence-corrected chi connectivity index (χ1v) is 7.09. The molecule has 2 atom stereocenters. The van der Waals surface area contributed by atoms with Crippen molar-refractivity contribution in [3.8, 4) is 5.75 Å². The molecule has 0 heterocycles. The van der Waals surface area contributed by atoms with E-state index in [1.165, 1.54) is 0 Å². The Morgan fingerprint density at radius 3 is 2.30 bits per heavy atom. The topological polar surface area (TPSA) is 64.3 Å². The molecule has 0 fully saturated rings. The zero-order chi connectivity index (χ0) is 15.3. The Morgan fingerprint density at radius 2 is 1.85 bits per heavy atom. The standard InChI is InChI=1S/C16H26N2O2/c1-6-16(4,5)18-15(19)12(3)20-14-9-7-13(8-10-14)11(2)17/h7-12H,6,17H2,1-5H3,(H,18,19)/t11-,12?/m0/s1. The maximum absolute atomic E-state index is 12.0. The maximum atomic E-state index is 12.0. The highest BCUT2D eigenvalue weighted by atomic mass is 16.5. The fourth-order valence-electron chi connectivity index (χ4n) is 1.63. The summed E-state index contributed by atoms with van der Waals surface area (Å²) in [5.41, 5.74) is 6.62. The van der Waals surface area contributed by atoms with Crippen molar-refractivity contribution in [2.24, 2.45) is 5.73 Å². The molecule has 4 nitrogen and oxygen atoms in total. The van der Waals surface area contributed by atoms with Crippen LogP contribution in [0.15, 0.2) is 24.3 Å². The molecule has 0 spiro atoms. The minimum Gasteiger partial charge on any atom is -0.481 e. The summed E-state index contributed by atoms with van der Waals surface area (Å²) < 4.78 is 5.65. The van der Waals surface area contributed by atoms with E-state index in [1.54, 1.807) is 6.92 Å². The van der Waals surface area contributed by atoms with Crippen LogP contribution < -0.4 is 15.8 Å². The van der Waals surface area contributed by atoms with Gasteiger partial charge in [-0.3, -0.25) is 4.79 Å². The molecule has 1 amide bonds. The summed E-state index contributed by atoms with van der Waals surface area (Å²) >= 11 is 0. The second-order valence-corrected chi connectivity index (χ2v) is 5.84. The Morgan fingerprint density at radius 1 is 1.30 bits per heavy atom. The van der Waals surface area contributed by atoms with E-state index in [2.05, 4.69) is 5.32 Å². The molecule has 20 heavy (non-hydrogen) atoms. The lowest BCUT2D eigenvalue weighted by molar-refractivity contribution is -0.128. The smallest absolute Gasteiger partial charge is 0.261 e. The van der Waals surface area contributed by atoms with Crippen LogP contribution in [0.25, 0.3) is 0 Å². The molecule has 112 valence electrons. The fraction of sp³-hybridized carbons (Fsp3) is 0.562. The molecular weight excluding hydrogens is 252 g/mol. The number of carbonyl (C=O) groups is 1. The Balaban J connectivity index is 2.61. The zero-order valence-corrected chi connectivity index (χ0v) is 13.1. The molecule has 1 aromatic carbocycles. The number of amides is 1. The van der Waals surface area contributed by atoms with Gasteiger partial charge in [-0.1, -0.05) is 19.1 Å². The van der Waals surface area contributed by atoms with E-state index in [-0.39, 0.29) is 17.5 Å². The van der Waals surface area contributed by atoms with Gasteiger partial charge >= 0.3 is 0 Å². The van der Waals surface area contributed by atoms with Crippen molar-refractivity contribution in [2.75, 3.05) is 0 Å². The van der Waals surface area contributed by atoms with Crippen molar-refractivity contribution in [1.29, 1.82) is 0 Å². The quantitative estimate of drug-likeness (QED) is 0.841. The number of hydrogen-bond donors (Lipinski definition) is 2. The van der Waals surface area contributed by atoms with Crippen LogP contribution in [0, 0.1) is 0 Å². The van der Waals surface area contributed by atoms with Crippen LogP contribution in [0.5, 0.6) is 5.75 Å². The first-order chi connectivity index (χ1) is 9.25. The van der Waals surface area contributed by atoms with Crippen molar-refractivity contribution in [2.45, 2.75) is 58.7 Å². The average molecular weight is 278 g/mol. The van der Waals surface area contributed by atoms with Gasteiger partial charge in [-0.2, -0.15) is 0 Å². The van der Waals surface area contributed by atoms with E-state index in [0.29, 0.717) is 5.75 Å². The highest BCUT2D eigenvalue weighted by Gasteiger charge is 2.22. The second kappa shape index (κ2) is 6.75. The lowest BCUT2D eigenvalue weighted by Crippen LogP contribution is -2.48. The molecule has 0 aliphatic rings. The average Bonchev–Trinajstić information content (AvgIpc) is 2.38. The second-order valence-electron chi connectivity index (χ2n) is 5.84. The van der Waals surface area contributed by atoms with Crippen molar-refractivity contribution in [3.05, 3.63) is 29.8 Å². The lowest BCUT2D eigenvalue weighted by Gasteiger charge is -2.26. The molecule has 0 saturated carbocycles. The molecule has 1 aromatic rings. The first-order valence-electron chi connectivity index (χ1n) is 7.09. The van der Waals surface area contributed by atoms with Gasteiger partial charge in [-0.15, -0.1) is 0 Å². The van der Waals surface area contributed by atoms with Crippen LogP contribution in [-0.4, -0.2) is 17.6 Å². The van der Waals surface area contributed by atoms with Crippen molar-refractivity contribution in [3.63, 3.8) is 0 Å². The summed E-state index contributed by atoms with van der Waals surface area (Å²) in [4.78, 5) is 12.0. The van der Waals surface area contributed by atoms with Gasteiger partial charge in [0.05, 0.1) is 0 Å². The monoisotopic (exact) mass is 278 g/mol. The fourth-order valence-corrected chi connectivity index (χ4v) is 1.63. The SMILES string of the molecule is CCC(C)(C)NC(=O)C(C)Oc1ccc([C@H](C)N)cc1. The molecule has 0 aromatic heterocycles. The Labute approximate surface area is 121 Å². The lowest BCUT2D eigenvalue weighted by atomic mass is 10.0. The largest absolute Gasteiger partial charge is 0.481 e. The van der Waals surface area contributed by atoms with Crippen LogP contribution in [0.3, 0.4) is 0 Å². The van der Waals surface area contributed by atoms with Crippen molar-refractivity contribution < 1.29 is 9.53 Å². The number of hydrogen-bond acceptors (Lipinski definition) is 3. The van der Waals surface area contributed by atoms with Gasteiger partial charge in [0.1, 0.15) is 5.75 Å². The van der Waals surface area contributed by atoms with Gasteiger partial charge in [0.15, 0.2) is 6.10 Å². The predicted octanol–water partition coefficient (Wildman–Crippen LogP) is 2.78. The molecule has 0 radical (unpaired) electrons. The van der Waals surface area contributed by atoms with Crippen molar-refractivity contribution in [1.82, 2.24) is 5.32 Å². The van der Waals surface area contributed by atoms with Gasteiger partial charge in [-0.25, -0.2) is 0 Å². The van der Waals surface area contributed by atoms with Crippen LogP contribution in [0.2, 0.25) is 0 Å². The molecular formula is C16H26N2O2. The zero-order valence-electron chi connectivity index (χ0n) is 13.1. The maximum Gasteiger partial charge on any atom is 0.261 e. The summed E-state index contributed by atoms with van der Waals surface area (Å²) in [6.45, 7) is 9.71. The molecule has 3 N–H and O–H groups in total. The van der Waals surface area contributed by atoms with Gasteiger partial charge in [-0.05, 0) is 51.8 Å². The number of nitrogens with one attached hydrogen (secondary N) is 1. The highest BCUT2D eigenvalue weighted by molar-refractivity contribution is 5.81. The summed E-state index contributed by atoms with van der Waals surface area (Å²) in [6.07, 6.45) is 0.344. The van der Waals surface area contributed by atoms with Crippen molar-refractivity contribution >= 4 is 5.91 Å². The number of nitrogens with two attached hydrogens (primary N) is 1. The molecule has 1 rings (SSSR count). The molecule has 1 unspecified atom stereocenters. The first kappa shape index (κ1) is 16.5. The van der Waals surface area contributed by atoms with Gasteiger partial charge in [0, 0.05) is 11.6 Å². The number of carbonyl (C=O) groups excluding carboxylic acids is 1. The van der Waals surface area contributed by atoms with E-state index < -0.39 is 6.10 Å². The molecule has 0 aliphatic carbocycles. The summed E-state index contributed by atoms with van der Waals surface area (Å²) in [6, 6.07) is 7.51. The van der Waals surface area contributed by atoms with E-state index in [0.717, 1.165) is 12.0 Å². The van der Waals surface area contributed by atoms with E-state index in [9.17, 15) is 4.79 Å². The molecule has 0 aliphatic heterocycles. The van der Waals surface area contributed by atoms with Crippen LogP contribution in [-0.2, 0) is 4.79 Å². The summed E-state index contributed by atoms with van der Waals surface area (Å²) in [5, 5.41) is 2.97. The van der Waals surface area contributed by atoms with E-state index in [4.69, 9.17) is 10.5 Å². The molecule has 4 heteroatoms. The third-order valence-electron chi connectivity index (χ3n) is 3.43. The summed E-state index contributed by atoms with van der Waals surface area (Å²) in [5.74, 6) is 0.569. The third kappa shape index (κ3) is 4.85. The van der Waals surface area contributed by atoms with Gasteiger partial charge in [0.25, 0.3) is 5.91 Å². The predicted molar refractivity (Wildman–Crippen MR) is 81.6 cm³/mol. The van der Waals surface area contributed by atoms with Gasteiger partial charge in [0.2, 0.25) is 0 Å². The summed E-state index contributed by atoms with van der Waals surface area (Å²) in [7, 11) is 0. The Kier molecular flexibility index (Phi) is 5.57. The number of ether oxygens (including phenoxy) is 1. The number of benzene rings is 1. The van der Waals surface area contributed by atoms with E-state index in [1.807, 2.05) is 52.0 Å². The third-order valence-corrected chi connectivity index (χ3v) is 3.43. The van der Waals surface area contributed by atoms with Crippen LogP contribution >= 0.6 is 0 Å². The normalized spacial score (nSPS) is 14.5. The highest BCUT2D eigenvalue weighted by Crippen LogP contribution is 2.17. The van der Waals surface area contributed by atoms with Crippen LogP contribution in [0.1, 0.15) is 52.6 Å². The Hall–Kier alpha value is -1.55. The minimum atomic E-state index is -0.526. The molecule has 0 saturated heterocycles. The Bertz CT molecular complexity index is 438. The van der Waals surface area contributed by atoms with Gasteiger partial charge < -0.3 is 15.8 Å². The molecule has 0 bridgehead atoms. The van der Waals surface area contributed by atoms with Crippen LogP contribution in [0.4, 0.5) is 0 Å². The number of rotatable bonds is 6. The minimum absolute atomic E-state index is 0.00451.